The number of fused-ring (bicyclic) bond motifs is 3. The molecule has 0 radical (unpaired) electrons. The highest BCUT2D eigenvalue weighted by Gasteiger charge is 2.44. The van der Waals surface area contributed by atoms with Crippen LogP contribution in [0, 0.1) is 11.8 Å². The number of ether oxygens (including phenoxy) is 1. The minimum Gasteiger partial charge on any atom is -0.481 e. The van der Waals surface area contributed by atoms with Gasteiger partial charge < -0.3 is 29.9 Å². The number of piperidine rings is 1. The van der Waals surface area contributed by atoms with Crippen molar-refractivity contribution >= 4 is 29.8 Å². The Morgan fingerprint density at radius 2 is 1.44 bits per heavy atom. The molecule has 11 nitrogen and oxygen atoms in total. The van der Waals surface area contributed by atoms with Crippen LogP contribution in [0.25, 0.3) is 11.1 Å². The third kappa shape index (κ3) is 7.97. The summed E-state index contributed by atoms with van der Waals surface area (Å²) in [5.41, 5.74) is 4.39. The number of hydrogen-bond acceptors (Lipinski definition) is 6. The van der Waals surface area contributed by atoms with Gasteiger partial charge in [0, 0.05) is 33.1 Å². The molecule has 2 N–H and O–H groups in total. The molecule has 0 unspecified atom stereocenters. The number of aliphatic carboxylic acids is 1. The summed E-state index contributed by atoms with van der Waals surface area (Å²) in [5.74, 6) is -3.02. The first-order valence-corrected chi connectivity index (χ1v) is 18.2. The van der Waals surface area contributed by atoms with Crippen LogP contribution >= 0.6 is 0 Å². The van der Waals surface area contributed by atoms with E-state index in [9.17, 15) is 29.1 Å². The lowest BCUT2D eigenvalue weighted by atomic mass is 9.92. The van der Waals surface area contributed by atoms with E-state index in [0.717, 1.165) is 67.2 Å². The number of carboxylic acid groups (broad SMARTS) is 1. The van der Waals surface area contributed by atoms with Gasteiger partial charge in [0.2, 0.25) is 17.7 Å². The van der Waals surface area contributed by atoms with Gasteiger partial charge in [-0.15, -0.1) is 0 Å². The standard InChI is InChI=1S/C39H52N4O7/c1-5-25(2)34(40-39(49)50-24-31-29-19-11-9-17-27(29)28-18-10-12-20-30(28)31)37(47)42(4)35(26-15-7-8-16-26)38(48)41(3)32(23-33(44)45)36(46)43-21-13-6-14-22-43/h9-12,17-20,25-26,31-32,34-35H,5-8,13-16,21-24H2,1-4H3,(H,40,49)(H,44,45)/t25-,32-,34-,35-/m0/s1. The van der Waals surface area contributed by atoms with Crippen LogP contribution in [0.3, 0.4) is 0 Å². The highest BCUT2D eigenvalue weighted by atomic mass is 16.5. The molecule has 1 saturated carbocycles. The SMILES string of the molecule is CC[C@H](C)[C@H](NC(=O)OCC1c2ccccc2-c2ccccc21)C(=O)N(C)[C@H](C(=O)N(C)[C@@H](CC(=O)O)C(=O)N1CCCCC1)C1CCCC1. The Balaban J connectivity index is 1.32. The van der Waals surface area contributed by atoms with E-state index in [1.807, 2.05) is 50.2 Å². The number of likely N-dealkylation sites (N-methyl/N-ethyl adjacent to an activating group) is 2. The summed E-state index contributed by atoms with van der Waals surface area (Å²) in [4.78, 5) is 71.9. The second kappa shape index (κ2) is 16.5. The molecule has 1 heterocycles. The molecule has 2 aromatic rings. The summed E-state index contributed by atoms with van der Waals surface area (Å²) in [6.45, 7) is 4.96. The lowest BCUT2D eigenvalue weighted by molar-refractivity contribution is -0.155. The van der Waals surface area contributed by atoms with Gasteiger partial charge in [0.05, 0.1) is 6.42 Å². The Hall–Kier alpha value is -4.41. The van der Waals surface area contributed by atoms with Crippen molar-refractivity contribution in [3.8, 4) is 11.1 Å². The fraction of sp³-hybridized carbons (Fsp3) is 0.564. The average molecular weight is 689 g/mol. The van der Waals surface area contributed by atoms with Crippen molar-refractivity contribution in [3.63, 3.8) is 0 Å². The van der Waals surface area contributed by atoms with Crippen molar-refractivity contribution in [2.45, 2.75) is 95.7 Å². The monoisotopic (exact) mass is 688 g/mol. The minimum absolute atomic E-state index is 0.0983. The van der Waals surface area contributed by atoms with E-state index in [1.165, 1.54) is 16.8 Å². The van der Waals surface area contributed by atoms with Crippen LogP contribution in [-0.2, 0) is 23.9 Å². The lowest BCUT2D eigenvalue weighted by Gasteiger charge is -2.40. The van der Waals surface area contributed by atoms with Crippen LogP contribution in [0.15, 0.2) is 48.5 Å². The number of benzene rings is 2. The van der Waals surface area contributed by atoms with Crippen molar-refractivity contribution < 1.29 is 33.8 Å². The van der Waals surface area contributed by atoms with Gasteiger partial charge in [-0.05, 0) is 66.2 Å². The van der Waals surface area contributed by atoms with Gasteiger partial charge in [0.1, 0.15) is 24.7 Å². The van der Waals surface area contributed by atoms with Gasteiger partial charge >= 0.3 is 12.1 Å². The number of nitrogens with one attached hydrogen (secondary N) is 1. The summed E-state index contributed by atoms with van der Waals surface area (Å²) in [6.07, 6.45) is 5.26. The van der Waals surface area contributed by atoms with Crippen molar-refractivity contribution in [1.29, 1.82) is 0 Å². The van der Waals surface area contributed by atoms with Crippen LogP contribution in [0.2, 0.25) is 0 Å². The van der Waals surface area contributed by atoms with E-state index in [1.54, 1.807) is 11.9 Å². The summed E-state index contributed by atoms with van der Waals surface area (Å²) in [7, 11) is 3.05. The predicted molar refractivity (Wildman–Crippen MR) is 189 cm³/mol. The fourth-order valence-corrected chi connectivity index (χ4v) is 8.01. The van der Waals surface area contributed by atoms with Gasteiger partial charge in [0.25, 0.3) is 0 Å². The molecular formula is C39H52N4O7. The number of alkyl carbamates (subject to hydrolysis) is 1. The van der Waals surface area contributed by atoms with Gasteiger partial charge in [-0.3, -0.25) is 19.2 Å². The van der Waals surface area contributed by atoms with E-state index in [2.05, 4.69) is 17.4 Å². The lowest BCUT2D eigenvalue weighted by Crippen LogP contribution is -2.60. The van der Waals surface area contributed by atoms with E-state index >= 15 is 0 Å². The summed E-state index contributed by atoms with van der Waals surface area (Å²) in [6, 6.07) is 13.1. The molecule has 50 heavy (non-hydrogen) atoms. The Bertz CT molecular complexity index is 1500. The average Bonchev–Trinajstić information content (AvgIpc) is 3.77. The number of likely N-dealkylation sites (tertiary alicyclic amines) is 1. The predicted octanol–water partition coefficient (Wildman–Crippen LogP) is 5.27. The molecule has 270 valence electrons. The quantitative estimate of drug-likeness (QED) is 0.293. The van der Waals surface area contributed by atoms with E-state index in [4.69, 9.17) is 4.74 Å². The smallest absolute Gasteiger partial charge is 0.407 e. The van der Waals surface area contributed by atoms with Gasteiger partial charge in [0.15, 0.2) is 0 Å². The molecule has 4 amide bonds. The van der Waals surface area contributed by atoms with Gasteiger partial charge in [-0.1, -0.05) is 81.6 Å². The van der Waals surface area contributed by atoms with Crippen molar-refractivity contribution in [2.24, 2.45) is 11.8 Å². The molecular weight excluding hydrogens is 636 g/mol. The second-order valence-corrected chi connectivity index (χ2v) is 14.2. The zero-order valence-corrected chi connectivity index (χ0v) is 29.8. The molecule has 4 atom stereocenters. The Labute approximate surface area is 295 Å². The zero-order chi connectivity index (χ0) is 35.9. The fourth-order valence-electron chi connectivity index (χ4n) is 8.01. The number of hydrogen-bond donors (Lipinski definition) is 2. The van der Waals surface area contributed by atoms with Gasteiger partial charge in [-0.2, -0.15) is 0 Å². The third-order valence-electron chi connectivity index (χ3n) is 11.1. The number of carbonyl (C=O) groups is 5. The molecule has 5 rings (SSSR count). The molecule has 2 aliphatic carbocycles. The largest absolute Gasteiger partial charge is 0.481 e. The van der Waals surface area contributed by atoms with E-state index < -0.39 is 48.4 Å². The summed E-state index contributed by atoms with van der Waals surface area (Å²) < 4.78 is 5.80. The Kier molecular flexibility index (Phi) is 12.2. The van der Waals surface area contributed by atoms with Crippen molar-refractivity contribution in [1.82, 2.24) is 20.0 Å². The highest BCUT2D eigenvalue weighted by Crippen LogP contribution is 2.44. The summed E-state index contributed by atoms with van der Waals surface area (Å²) in [5, 5.41) is 12.6. The molecule has 0 bridgehead atoms. The topological polar surface area (TPSA) is 137 Å². The highest BCUT2D eigenvalue weighted by molar-refractivity contribution is 5.95. The van der Waals surface area contributed by atoms with E-state index in [0.29, 0.717) is 19.5 Å². The number of rotatable bonds is 13. The molecule has 1 saturated heterocycles. The normalized spacial score (nSPS) is 18.3. The van der Waals surface area contributed by atoms with Gasteiger partial charge in [-0.25, -0.2) is 4.79 Å². The molecule has 0 spiro atoms. The van der Waals surface area contributed by atoms with Crippen LogP contribution in [0.5, 0.6) is 0 Å². The second-order valence-electron chi connectivity index (χ2n) is 14.2. The maximum atomic E-state index is 14.4. The molecule has 2 fully saturated rings. The molecule has 1 aliphatic heterocycles. The first-order chi connectivity index (χ1) is 24.0. The maximum absolute atomic E-state index is 14.4. The molecule has 2 aromatic carbocycles. The van der Waals surface area contributed by atoms with Crippen LogP contribution in [-0.4, -0.2) is 102 Å². The van der Waals surface area contributed by atoms with E-state index in [-0.39, 0.29) is 30.3 Å². The van der Waals surface area contributed by atoms with Crippen molar-refractivity contribution in [2.75, 3.05) is 33.8 Å². The Morgan fingerprint density at radius 3 is 2.00 bits per heavy atom. The number of amides is 4. The molecule has 3 aliphatic rings. The first kappa shape index (κ1) is 36.9. The van der Waals surface area contributed by atoms with Crippen LogP contribution in [0.4, 0.5) is 4.79 Å². The first-order valence-electron chi connectivity index (χ1n) is 18.2. The number of carbonyl (C=O) groups excluding carboxylic acids is 4. The maximum Gasteiger partial charge on any atom is 0.407 e. The van der Waals surface area contributed by atoms with Crippen LogP contribution < -0.4 is 5.32 Å². The third-order valence-corrected chi connectivity index (χ3v) is 11.1. The van der Waals surface area contributed by atoms with Crippen LogP contribution in [0.1, 0.15) is 88.7 Å². The molecule has 0 aromatic heterocycles. The van der Waals surface area contributed by atoms with Crippen molar-refractivity contribution in [3.05, 3.63) is 59.7 Å². The minimum atomic E-state index is -1.19. The zero-order valence-electron chi connectivity index (χ0n) is 29.8. The number of carboxylic acids is 1. The number of nitrogens with zero attached hydrogens (tertiary/aromatic N) is 3. The molecule has 11 heteroatoms. The summed E-state index contributed by atoms with van der Waals surface area (Å²) >= 11 is 0. The Morgan fingerprint density at radius 1 is 0.860 bits per heavy atom.